The molecular weight excluding hydrogens is 188 g/mol. The average Bonchev–Trinajstić information content (AvgIpc) is 2.59. The predicted octanol–water partition coefficient (Wildman–Crippen LogP) is 2.03. The van der Waals surface area contributed by atoms with Crippen molar-refractivity contribution in [2.75, 3.05) is 11.9 Å². The van der Waals surface area contributed by atoms with Crippen molar-refractivity contribution in [1.29, 1.82) is 0 Å². The number of fused-ring (bicyclic) bond motifs is 1. The molecule has 0 aliphatic heterocycles. The Hall–Kier alpha value is -1.84. The molecule has 0 aliphatic rings. The van der Waals surface area contributed by atoms with Gasteiger partial charge in [-0.2, -0.15) is 4.98 Å². The maximum absolute atomic E-state index is 4.38. The van der Waals surface area contributed by atoms with Crippen LogP contribution in [-0.4, -0.2) is 21.1 Å². The summed E-state index contributed by atoms with van der Waals surface area (Å²) in [7, 11) is 0. The van der Waals surface area contributed by atoms with Crippen molar-refractivity contribution in [1.82, 2.24) is 14.6 Å². The Labute approximate surface area is 88.6 Å². The highest BCUT2D eigenvalue weighted by atomic mass is 15.3. The molecule has 2 aromatic rings. The number of rotatable bonds is 3. The lowest BCUT2D eigenvalue weighted by molar-refractivity contribution is 0.952. The van der Waals surface area contributed by atoms with E-state index in [1.807, 2.05) is 32.2 Å². The Morgan fingerprint density at radius 1 is 1.60 bits per heavy atom. The fraction of sp³-hybridized carbons (Fsp3) is 0.273. The topological polar surface area (TPSA) is 42.2 Å². The van der Waals surface area contributed by atoms with Crippen molar-refractivity contribution in [3.63, 3.8) is 0 Å². The van der Waals surface area contributed by atoms with Crippen molar-refractivity contribution in [3.8, 4) is 0 Å². The van der Waals surface area contributed by atoms with Gasteiger partial charge in [-0.3, -0.25) is 0 Å². The van der Waals surface area contributed by atoms with E-state index in [2.05, 4.69) is 22.0 Å². The lowest BCUT2D eigenvalue weighted by Gasteiger charge is -1.98. The molecular formula is C11H14N4. The summed E-state index contributed by atoms with van der Waals surface area (Å²) < 4.78 is 1.77. The zero-order valence-electron chi connectivity index (χ0n) is 8.99. The number of aromatic nitrogens is 3. The number of nitrogens with zero attached hydrogens (tertiary/aromatic N) is 3. The molecule has 4 nitrogen and oxygen atoms in total. The minimum atomic E-state index is 0.646. The number of pyridine rings is 1. The summed E-state index contributed by atoms with van der Waals surface area (Å²) in [5, 5.41) is 7.42. The van der Waals surface area contributed by atoms with Crippen LogP contribution in [0, 0.1) is 6.92 Å². The van der Waals surface area contributed by atoms with E-state index in [4.69, 9.17) is 0 Å². The van der Waals surface area contributed by atoms with Gasteiger partial charge in [-0.05, 0) is 25.5 Å². The molecule has 0 aromatic carbocycles. The minimum Gasteiger partial charge on any atom is -0.349 e. The largest absolute Gasteiger partial charge is 0.349 e. The summed E-state index contributed by atoms with van der Waals surface area (Å²) in [6.07, 6.45) is 1.89. The predicted molar refractivity (Wildman–Crippen MR) is 61.0 cm³/mol. The second-order valence-electron chi connectivity index (χ2n) is 3.71. The Morgan fingerprint density at radius 3 is 3.07 bits per heavy atom. The van der Waals surface area contributed by atoms with E-state index < -0.39 is 0 Å². The first-order valence-corrected chi connectivity index (χ1v) is 4.87. The zero-order chi connectivity index (χ0) is 10.8. The van der Waals surface area contributed by atoms with Gasteiger partial charge in [-0.15, -0.1) is 5.10 Å². The molecule has 4 heteroatoms. The van der Waals surface area contributed by atoms with Crippen LogP contribution in [0.25, 0.3) is 5.65 Å². The maximum atomic E-state index is 4.38. The molecule has 0 unspecified atom stereocenters. The van der Waals surface area contributed by atoms with Crippen molar-refractivity contribution >= 4 is 11.6 Å². The maximum Gasteiger partial charge on any atom is 0.243 e. The molecule has 0 amide bonds. The number of nitrogens with one attached hydrogen (secondary N) is 1. The summed E-state index contributed by atoms with van der Waals surface area (Å²) in [5.41, 5.74) is 3.07. The van der Waals surface area contributed by atoms with E-state index in [0.29, 0.717) is 12.5 Å². The highest BCUT2D eigenvalue weighted by Gasteiger charge is 2.03. The standard InChI is InChI=1S/C11H14N4/c1-8(2)7-12-11-13-10-9(3)5-4-6-15(10)14-11/h4-6H,1,7H2,2-3H3,(H,12,14). The summed E-state index contributed by atoms with van der Waals surface area (Å²) in [5.74, 6) is 0.646. The number of aryl methyl sites for hydroxylation is 1. The van der Waals surface area contributed by atoms with Gasteiger partial charge in [0.2, 0.25) is 5.95 Å². The van der Waals surface area contributed by atoms with E-state index in [9.17, 15) is 0 Å². The third kappa shape index (κ3) is 1.98. The minimum absolute atomic E-state index is 0.646. The molecule has 78 valence electrons. The van der Waals surface area contributed by atoms with Crippen LogP contribution in [0.4, 0.5) is 5.95 Å². The first-order chi connectivity index (χ1) is 7.16. The molecule has 0 saturated heterocycles. The van der Waals surface area contributed by atoms with Crippen LogP contribution in [0.5, 0.6) is 0 Å². The molecule has 0 spiro atoms. The van der Waals surface area contributed by atoms with Crippen molar-refractivity contribution in [3.05, 3.63) is 36.0 Å². The molecule has 0 fully saturated rings. The van der Waals surface area contributed by atoms with Crippen LogP contribution in [0.3, 0.4) is 0 Å². The zero-order valence-corrected chi connectivity index (χ0v) is 8.99. The molecule has 1 N–H and O–H groups in total. The van der Waals surface area contributed by atoms with Gasteiger partial charge in [0.25, 0.3) is 0 Å². The van der Waals surface area contributed by atoms with Gasteiger partial charge in [0, 0.05) is 12.7 Å². The second kappa shape index (κ2) is 3.73. The van der Waals surface area contributed by atoms with E-state index in [1.165, 1.54) is 0 Å². The van der Waals surface area contributed by atoms with Gasteiger partial charge >= 0.3 is 0 Å². The smallest absolute Gasteiger partial charge is 0.243 e. The van der Waals surface area contributed by atoms with Crippen molar-refractivity contribution in [2.45, 2.75) is 13.8 Å². The fourth-order valence-corrected chi connectivity index (χ4v) is 1.34. The Kier molecular flexibility index (Phi) is 2.41. The van der Waals surface area contributed by atoms with Gasteiger partial charge in [-0.1, -0.05) is 18.2 Å². The summed E-state index contributed by atoms with van der Waals surface area (Å²) in [6, 6.07) is 3.98. The number of anilines is 1. The van der Waals surface area contributed by atoms with Gasteiger partial charge in [0.1, 0.15) is 0 Å². The first kappa shape index (κ1) is 9.71. The van der Waals surface area contributed by atoms with Crippen LogP contribution in [0.15, 0.2) is 30.5 Å². The summed E-state index contributed by atoms with van der Waals surface area (Å²) >= 11 is 0. The third-order valence-corrected chi connectivity index (χ3v) is 2.11. The quantitative estimate of drug-likeness (QED) is 0.774. The molecule has 0 atom stereocenters. The summed E-state index contributed by atoms with van der Waals surface area (Å²) in [6.45, 7) is 8.51. The lowest BCUT2D eigenvalue weighted by atomic mass is 10.3. The monoisotopic (exact) mass is 202 g/mol. The molecule has 15 heavy (non-hydrogen) atoms. The highest BCUT2D eigenvalue weighted by Crippen LogP contribution is 2.09. The molecule has 2 heterocycles. The third-order valence-electron chi connectivity index (χ3n) is 2.11. The lowest BCUT2D eigenvalue weighted by Crippen LogP contribution is -2.03. The van der Waals surface area contributed by atoms with Crippen LogP contribution >= 0.6 is 0 Å². The van der Waals surface area contributed by atoms with E-state index in [1.54, 1.807) is 4.52 Å². The normalized spacial score (nSPS) is 10.5. The molecule has 0 aliphatic carbocycles. The first-order valence-electron chi connectivity index (χ1n) is 4.87. The number of hydrogen-bond donors (Lipinski definition) is 1. The fourth-order valence-electron chi connectivity index (χ4n) is 1.34. The van der Waals surface area contributed by atoms with Crippen LogP contribution in [0.2, 0.25) is 0 Å². The molecule has 0 saturated carbocycles. The van der Waals surface area contributed by atoms with Gasteiger partial charge in [0.15, 0.2) is 5.65 Å². The Bertz CT molecular complexity index is 498. The van der Waals surface area contributed by atoms with E-state index in [0.717, 1.165) is 16.8 Å². The second-order valence-corrected chi connectivity index (χ2v) is 3.71. The van der Waals surface area contributed by atoms with Gasteiger partial charge < -0.3 is 5.32 Å². The Morgan fingerprint density at radius 2 is 2.40 bits per heavy atom. The van der Waals surface area contributed by atoms with E-state index >= 15 is 0 Å². The van der Waals surface area contributed by atoms with Gasteiger partial charge in [0.05, 0.1) is 0 Å². The molecule has 0 radical (unpaired) electrons. The molecule has 0 bridgehead atoms. The van der Waals surface area contributed by atoms with E-state index in [-0.39, 0.29) is 0 Å². The molecule has 2 aromatic heterocycles. The van der Waals surface area contributed by atoms with Crippen molar-refractivity contribution in [2.24, 2.45) is 0 Å². The SMILES string of the molecule is C=C(C)CNc1nc2c(C)cccn2n1. The average molecular weight is 202 g/mol. The summed E-state index contributed by atoms with van der Waals surface area (Å²) in [4.78, 5) is 4.38. The number of hydrogen-bond acceptors (Lipinski definition) is 3. The highest BCUT2D eigenvalue weighted by molar-refractivity contribution is 5.49. The van der Waals surface area contributed by atoms with Crippen LogP contribution < -0.4 is 5.32 Å². The van der Waals surface area contributed by atoms with Crippen LogP contribution in [-0.2, 0) is 0 Å². The Balaban J connectivity index is 2.31. The van der Waals surface area contributed by atoms with Crippen LogP contribution in [0.1, 0.15) is 12.5 Å². The van der Waals surface area contributed by atoms with Crippen molar-refractivity contribution < 1.29 is 0 Å². The molecule has 2 rings (SSSR count). The van der Waals surface area contributed by atoms with Gasteiger partial charge in [-0.25, -0.2) is 4.52 Å².